The zero-order valence-corrected chi connectivity index (χ0v) is 25.9. The average molecular weight is 645 g/mol. The van der Waals surface area contributed by atoms with E-state index in [1.165, 1.54) is 35.2 Å². The van der Waals surface area contributed by atoms with Crippen molar-refractivity contribution >= 4 is 73.9 Å². The van der Waals surface area contributed by atoms with E-state index in [9.17, 15) is 18.0 Å². The predicted molar refractivity (Wildman–Crippen MR) is 162 cm³/mol. The highest BCUT2D eigenvalue weighted by atomic mass is 35.5. The van der Waals surface area contributed by atoms with Crippen LogP contribution in [0.3, 0.4) is 0 Å². The van der Waals surface area contributed by atoms with Gasteiger partial charge >= 0.3 is 0 Å². The lowest BCUT2D eigenvalue weighted by Crippen LogP contribution is -2.52. The van der Waals surface area contributed by atoms with E-state index in [4.69, 9.17) is 46.4 Å². The van der Waals surface area contributed by atoms with E-state index in [0.29, 0.717) is 22.0 Å². The number of hydrogen-bond donors (Lipinski definition) is 1. The fourth-order valence-corrected chi connectivity index (χ4v) is 6.23. The molecule has 0 aliphatic heterocycles. The number of nitrogens with one attached hydrogen (secondary N) is 1. The van der Waals surface area contributed by atoms with Crippen molar-refractivity contribution in [3.63, 3.8) is 0 Å². The van der Waals surface area contributed by atoms with Gasteiger partial charge in [0, 0.05) is 28.2 Å². The quantitative estimate of drug-likeness (QED) is 0.248. The molecule has 0 saturated heterocycles. The number of benzene rings is 3. The maximum atomic E-state index is 14.0. The molecule has 2 amide bonds. The van der Waals surface area contributed by atoms with Crippen molar-refractivity contribution in [2.75, 3.05) is 10.8 Å². The average Bonchev–Trinajstić information content (AvgIpc) is 2.93. The van der Waals surface area contributed by atoms with Crippen molar-refractivity contribution in [2.45, 2.75) is 50.7 Å². The highest BCUT2D eigenvalue weighted by Crippen LogP contribution is 2.36. The molecular weight excluding hydrogens is 616 g/mol. The molecule has 3 aromatic rings. The first-order valence-corrected chi connectivity index (χ1v) is 15.4. The molecular formula is C28H29Cl4N3O4S. The summed E-state index contributed by atoms with van der Waals surface area (Å²) in [5, 5.41) is 3.53. The second kappa shape index (κ2) is 13.9. The van der Waals surface area contributed by atoms with E-state index in [-0.39, 0.29) is 33.2 Å². The van der Waals surface area contributed by atoms with Crippen molar-refractivity contribution in [1.29, 1.82) is 0 Å². The third kappa shape index (κ3) is 7.42. The molecule has 0 radical (unpaired) electrons. The standard InChI is InChI=1S/C28H29Cl4N3O4S/c1-4-18(2)33-28(37)19(3)34(16-21-22(29)12-8-13-23(21)30)26(36)17-35(25-15-9-14-24(31)27(25)32)40(38,39)20-10-6-5-7-11-20/h5-15,18-19H,4,16-17H2,1-3H3,(H,33,37)/t18-,19-/m1/s1. The first-order valence-electron chi connectivity index (χ1n) is 12.4. The maximum absolute atomic E-state index is 14.0. The van der Waals surface area contributed by atoms with Gasteiger partial charge in [0.1, 0.15) is 12.6 Å². The summed E-state index contributed by atoms with van der Waals surface area (Å²) >= 11 is 25.5. The first-order chi connectivity index (χ1) is 18.9. The molecule has 0 aliphatic rings. The summed E-state index contributed by atoms with van der Waals surface area (Å²) in [4.78, 5) is 28.3. The lowest BCUT2D eigenvalue weighted by molar-refractivity contribution is -0.139. The molecule has 0 saturated carbocycles. The number of rotatable bonds is 11. The van der Waals surface area contributed by atoms with Crippen LogP contribution in [-0.4, -0.2) is 43.8 Å². The van der Waals surface area contributed by atoms with Crippen LogP contribution in [0.1, 0.15) is 32.8 Å². The van der Waals surface area contributed by atoms with Crippen LogP contribution in [0, 0.1) is 0 Å². The Bertz CT molecular complexity index is 1450. The number of carbonyl (C=O) groups is 2. The topological polar surface area (TPSA) is 86.8 Å². The van der Waals surface area contributed by atoms with E-state index >= 15 is 0 Å². The van der Waals surface area contributed by atoms with Crippen molar-refractivity contribution in [3.8, 4) is 0 Å². The first kappa shape index (κ1) is 32.0. The molecule has 0 aromatic heterocycles. The summed E-state index contributed by atoms with van der Waals surface area (Å²) in [6, 6.07) is 15.9. The Morgan fingerprint density at radius 3 is 2.02 bits per heavy atom. The Morgan fingerprint density at radius 1 is 0.850 bits per heavy atom. The Labute approximate surface area is 255 Å². The zero-order chi connectivity index (χ0) is 29.6. The normalized spacial score (nSPS) is 12.9. The van der Waals surface area contributed by atoms with Gasteiger partial charge in [0.2, 0.25) is 11.8 Å². The summed E-state index contributed by atoms with van der Waals surface area (Å²) in [5.41, 5.74) is 0.430. The molecule has 0 unspecified atom stereocenters. The molecule has 0 aliphatic carbocycles. The third-order valence-electron chi connectivity index (χ3n) is 6.37. The SMILES string of the molecule is CC[C@@H](C)NC(=O)[C@@H](C)N(Cc1c(Cl)cccc1Cl)C(=O)CN(c1cccc(Cl)c1Cl)S(=O)(=O)c1ccccc1. The van der Waals surface area contributed by atoms with Gasteiger partial charge in [-0.05, 0) is 56.7 Å². The van der Waals surface area contributed by atoms with Gasteiger partial charge < -0.3 is 10.2 Å². The number of hydrogen-bond acceptors (Lipinski definition) is 4. The molecule has 0 bridgehead atoms. The minimum atomic E-state index is -4.29. The summed E-state index contributed by atoms with van der Waals surface area (Å²) in [7, 11) is -4.29. The molecule has 0 heterocycles. The highest BCUT2D eigenvalue weighted by molar-refractivity contribution is 7.92. The van der Waals surface area contributed by atoms with Gasteiger partial charge in [-0.1, -0.05) is 83.7 Å². The number of amides is 2. The van der Waals surface area contributed by atoms with E-state index in [1.54, 1.807) is 43.3 Å². The minimum Gasteiger partial charge on any atom is -0.352 e. The van der Waals surface area contributed by atoms with Gasteiger partial charge in [-0.3, -0.25) is 13.9 Å². The van der Waals surface area contributed by atoms with Crippen molar-refractivity contribution in [1.82, 2.24) is 10.2 Å². The van der Waals surface area contributed by atoms with E-state index < -0.39 is 34.4 Å². The van der Waals surface area contributed by atoms with Crippen molar-refractivity contribution in [2.24, 2.45) is 0 Å². The number of anilines is 1. The summed E-state index contributed by atoms with van der Waals surface area (Å²) in [6.45, 7) is 4.50. The molecule has 0 spiro atoms. The Balaban J connectivity index is 2.10. The van der Waals surface area contributed by atoms with Crippen LogP contribution < -0.4 is 9.62 Å². The molecule has 0 fully saturated rings. The zero-order valence-electron chi connectivity index (χ0n) is 22.1. The summed E-state index contributed by atoms with van der Waals surface area (Å²) in [5.74, 6) is -1.09. The van der Waals surface area contributed by atoms with Gasteiger partial charge in [0.25, 0.3) is 10.0 Å². The number of nitrogens with zero attached hydrogens (tertiary/aromatic N) is 2. The van der Waals surface area contributed by atoms with Gasteiger partial charge in [-0.2, -0.15) is 0 Å². The number of halogens is 4. The molecule has 12 heteroatoms. The van der Waals surface area contributed by atoms with Crippen LogP contribution in [0.5, 0.6) is 0 Å². The summed E-state index contributed by atoms with van der Waals surface area (Å²) in [6.07, 6.45) is 0.680. The molecule has 2 atom stereocenters. The smallest absolute Gasteiger partial charge is 0.264 e. The monoisotopic (exact) mass is 643 g/mol. The Morgan fingerprint density at radius 2 is 1.43 bits per heavy atom. The predicted octanol–water partition coefficient (Wildman–Crippen LogP) is 6.83. The highest BCUT2D eigenvalue weighted by Gasteiger charge is 2.34. The third-order valence-corrected chi connectivity index (χ3v) is 9.66. The van der Waals surface area contributed by atoms with E-state index in [0.717, 1.165) is 4.31 Å². The van der Waals surface area contributed by atoms with Crippen LogP contribution in [-0.2, 0) is 26.2 Å². The van der Waals surface area contributed by atoms with Crippen LogP contribution in [0.15, 0.2) is 71.6 Å². The van der Waals surface area contributed by atoms with Gasteiger partial charge in [-0.25, -0.2) is 8.42 Å². The lowest BCUT2D eigenvalue weighted by atomic mass is 10.1. The molecule has 7 nitrogen and oxygen atoms in total. The Kier molecular flexibility index (Phi) is 11.1. The fraction of sp³-hybridized carbons (Fsp3) is 0.286. The fourth-order valence-electron chi connectivity index (χ4n) is 3.82. The minimum absolute atomic E-state index is 0.0128. The molecule has 3 aromatic carbocycles. The van der Waals surface area contributed by atoms with Gasteiger partial charge in [-0.15, -0.1) is 0 Å². The van der Waals surface area contributed by atoms with E-state index in [2.05, 4.69) is 5.32 Å². The Hall–Kier alpha value is -2.49. The summed E-state index contributed by atoms with van der Waals surface area (Å²) < 4.78 is 28.6. The van der Waals surface area contributed by atoms with Gasteiger partial charge in [0.05, 0.1) is 20.6 Å². The van der Waals surface area contributed by atoms with Crippen LogP contribution >= 0.6 is 46.4 Å². The van der Waals surface area contributed by atoms with Crippen LogP contribution in [0.4, 0.5) is 5.69 Å². The molecule has 214 valence electrons. The molecule has 40 heavy (non-hydrogen) atoms. The van der Waals surface area contributed by atoms with E-state index in [1.807, 2.05) is 13.8 Å². The maximum Gasteiger partial charge on any atom is 0.264 e. The van der Waals surface area contributed by atoms with Crippen molar-refractivity contribution < 1.29 is 18.0 Å². The second-order valence-electron chi connectivity index (χ2n) is 9.11. The molecule has 1 N–H and O–H groups in total. The second-order valence-corrected chi connectivity index (χ2v) is 12.6. The van der Waals surface area contributed by atoms with Crippen molar-refractivity contribution in [3.05, 3.63) is 92.4 Å². The lowest BCUT2D eigenvalue weighted by Gasteiger charge is -2.33. The van der Waals surface area contributed by atoms with Crippen LogP contribution in [0.25, 0.3) is 0 Å². The number of sulfonamides is 1. The van der Waals surface area contributed by atoms with Crippen LogP contribution in [0.2, 0.25) is 20.1 Å². The van der Waals surface area contributed by atoms with Gasteiger partial charge in [0.15, 0.2) is 0 Å². The number of carbonyl (C=O) groups excluding carboxylic acids is 2. The largest absolute Gasteiger partial charge is 0.352 e. The molecule has 3 rings (SSSR count).